The summed E-state index contributed by atoms with van der Waals surface area (Å²) in [4.78, 5) is 14.2. The van der Waals surface area contributed by atoms with Crippen molar-refractivity contribution in [2.75, 3.05) is 41.5 Å². The van der Waals surface area contributed by atoms with E-state index in [9.17, 15) is 4.79 Å². The summed E-state index contributed by atoms with van der Waals surface area (Å²) in [5.41, 5.74) is 1.02. The van der Waals surface area contributed by atoms with Crippen molar-refractivity contribution in [3.05, 3.63) is 54.1 Å². The Hall–Kier alpha value is -2.73. The Bertz CT molecular complexity index is 718. The van der Waals surface area contributed by atoms with Crippen LogP contribution in [0.15, 0.2) is 48.5 Å². The lowest BCUT2D eigenvalue weighted by atomic mass is 10.0. The summed E-state index contributed by atoms with van der Waals surface area (Å²) in [6.07, 6.45) is 0. The first-order chi connectivity index (χ1) is 12.6. The molecule has 0 aliphatic carbocycles. The second kappa shape index (κ2) is 9.68. The molecule has 6 heteroatoms. The van der Waals surface area contributed by atoms with E-state index in [0.29, 0.717) is 18.0 Å². The highest BCUT2D eigenvalue weighted by molar-refractivity contribution is 5.77. The van der Waals surface area contributed by atoms with Crippen LogP contribution in [0.3, 0.4) is 0 Å². The molecule has 2 aromatic rings. The van der Waals surface area contributed by atoms with Crippen molar-refractivity contribution < 1.29 is 19.0 Å². The molecule has 6 nitrogen and oxygen atoms in total. The van der Waals surface area contributed by atoms with Gasteiger partial charge in [0.1, 0.15) is 5.75 Å². The van der Waals surface area contributed by atoms with Crippen LogP contribution in [0, 0.1) is 0 Å². The van der Waals surface area contributed by atoms with Crippen LogP contribution in [0.25, 0.3) is 0 Å². The molecule has 0 radical (unpaired) electrons. The Morgan fingerprint density at radius 3 is 2.15 bits per heavy atom. The normalized spacial score (nSPS) is 11.7. The molecule has 0 bridgehead atoms. The number of nitrogens with one attached hydrogen (secondary N) is 1. The molecule has 1 amide bonds. The van der Waals surface area contributed by atoms with Gasteiger partial charge in [-0.15, -0.1) is 0 Å². The molecule has 1 unspecified atom stereocenters. The number of benzene rings is 2. The van der Waals surface area contributed by atoms with Crippen molar-refractivity contribution in [3.63, 3.8) is 0 Å². The monoisotopic (exact) mass is 358 g/mol. The zero-order valence-electron chi connectivity index (χ0n) is 15.7. The Morgan fingerprint density at radius 2 is 1.54 bits per heavy atom. The molecule has 0 saturated heterocycles. The number of likely N-dealkylation sites (N-methyl/N-ethyl adjacent to an activating group) is 1. The minimum Gasteiger partial charge on any atom is -0.496 e. The summed E-state index contributed by atoms with van der Waals surface area (Å²) >= 11 is 0. The molecule has 0 saturated carbocycles. The molecule has 0 aromatic heterocycles. The van der Waals surface area contributed by atoms with Gasteiger partial charge in [-0.25, -0.2) is 0 Å². The molecule has 0 heterocycles. The minimum absolute atomic E-state index is 0.0126. The third kappa shape index (κ3) is 5.13. The molecule has 26 heavy (non-hydrogen) atoms. The van der Waals surface area contributed by atoms with Gasteiger partial charge >= 0.3 is 0 Å². The van der Waals surface area contributed by atoms with Crippen molar-refractivity contribution in [3.8, 4) is 17.2 Å². The van der Waals surface area contributed by atoms with Crippen LogP contribution in [-0.4, -0.2) is 52.3 Å². The Kier molecular flexibility index (Phi) is 7.29. The van der Waals surface area contributed by atoms with Crippen molar-refractivity contribution in [2.45, 2.75) is 6.04 Å². The summed E-state index contributed by atoms with van der Waals surface area (Å²) < 4.78 is 16.2. The quantitative estimate of drug-likeness (QED) is 0.746. The van der Waals surface area contributed by atoms with Crippen LogP contribution in [0.4, 0.5) is 0 Å². The van der Waals surface area contributed by atoms with Crippen LogP contribution in [0.2, 0.25) is 0 Å². The molecule has 0 spiro atoms. The number of carbonyl (C=O) groups is 1. The Balaban J connectivity index is 1.95. The number of para-hydroxylation sites is 3. The van der Waals surface area contributed by atoms with Crippen LogP contribution in [-0.2, 0) is 4.79 Å². The largest absolute Gasteiger partial charge is 0.496 e. The Morgan fingerprint density at radius 1 is 0.962 bits per heavy atom. The molecule has 2 aromatic carbocycles. The van der Waals surface area contributed by atoms with E-state index >= 15 is 0 Å². The third-order valence-corrected chi connectivity index (χ3v) is 4.04. The lowest BCUT2D eigenvalue weighted by Crippen LogP contribution is -2.37. The average Bonchev–Trinajstić information content (AvgIpc) is 2.66. The fourth-order valence-electron chi connectivity index (χ4n) is 2.66. The number of ether oxygens (including phenoxy) is 3. The molecular weight excluding hydrogens is 332 g/mol. The van der Waals surface area contributed by atoms with Crippen molar-refractivity contribution in [2.24, 2.45) is 0 Å². The van der Waals surface area contributed by atoms with E-state index in [4.69, 9.17) is 14.2 Å². The van der Waals surface area contributed by atoms with Gasteiger partial charge in [-0.3, -0.25) is 4.79 Å². The lowest BCUT2D eigenvalue weighted by molar-refractivity contribution is -0.123. The average molecular weight is 358 g/mol. The van der Waals surface area contributed by atoms with Crippen LogP contribution >= 0.6 is 0 Å². The number of methoxy groups -OCH3 is 2. The first-order valence-corrected chi connectivity index (χ1v) is 8.38. The van der Waals surface area contributed by atoms with Gasteiger partial charge < -0.3 is 24.4 Å². The van der Waals surface area contributed by atoms with Crippen LogP contribution < -0.4 is 19.5 Å². The number of hydrogen-bond acceptors (Lipinski definition) is 5. The van der Waals surface area contributed by atoms with E-state index in [2.05, 4.69) is 5.32 Å². The van der Waals surface area contributed by atoms with E-state index in [1.54, 1.807) is 26.4 Å². The maximum atomic E-state index is 12.2. The third-order valence-electron chi connectivity index (χ3n) is 4.04. The summed E-state index contributed by atoms with van der Waals surface area (Å²) in [7, 11) is 7.14. The zero-order valence-corrected chi connectivity index (χ0v) is 15.7. The fourth-order valence-corrected chi connectivity index (χ4v) is 2.66. The maximum Gasteiger partial charge on any atom is 0.258 e. The smallest absolute Gasteiger partial charge is 0.258 e. The van der Waals surface area contributed by atoms with E-state index in [0.717, 1.165) is 11.3 Å². The van der Waals surface area contributed by atoms with Gasteiger partial charge in [-0.05, 0) is 32.3 Å². The van der Waals surface area contributed by atoms with E-state index in [1.807, 2.05) is 55.4 Å². The van der Waals surface area contributed by atoms with Crippen LogP contribution in [0.5, 0.6) is 17.2 Å². The summed E-state index contributed by atoms with van der Waals surface area (Å²) in [5, 5.41) is 2.92. The van der Waals surface area contributed by atoms with E-state index in [1.165, 1.54) is 0 Å². The van der Waals surface area contributed by atoms with Gasteiger partial charge in [0.2, 0.25) is 0 Å². The minimum atomic E-state index is -0.197. The summed E-state index contributed by atoms with van der Waals surface area (Å²) in [6, 6.07) is 15.0. The zero-order chi connectivity index (χ0) is 18.9. The molecule has 2 rings (SSSR count). The predicted octanol–water partition coefficient (Wildman–Crippen LogP) is 2.50. The highest BCUT2D eigenvalue weighted by atomic mass is 16.5. The van der Waals surface area contributed by atoms with Gasteiger partial charge in [0.15, 0.2) is 18.1 Å². The molecule has 1 N–H and O–H groups in total. The number of nitrogens with zero attached hydrogens (tertiary/aromatic N) is 1. The van der Waals surface area contributed by atoms with Gasteiger partial charge in [0.05, 0.1) is 20.3 Å². The topological polar surface area (TPSA) is 60.0 Å². The number of hydrogen-bond donors (Lipinski definition) is 1. The fraction of sp³-hybridized carbons (Fsp3) is 0.350. The standard InChI is InChI=1S/C20H26N2O4/c1-22(2)16(15-9-5-6-10-17(15)24-3)13-21-20(23)14-26-19-12-8-7-11-18(19)25-4/h5-12,16H,13-14H2,1-4H3,(H,21,23). The first-order valence-electron chi connectivity index (χ1n) is 8.38. The van der Waals surface area contributed by atoms with Gasteiger partial charge in [0, 0.05) is 12.1 Å². The van der Waals surface area contributed by atoms with Crippen molar-refractivity contribution >= 4 is 5.91 Å². The number of carbonyl (C=O) groups excluding carboxylic acids is 1. The summed E-state index contributed by atoms with van der Waals surface area (Å²) in [6.45, 7) is 0.369. The molecule has 0 fully saturated rings. The lowest BCUT2D eigenvalue weighted by Gasteiger charge is -2.26. The predicted molar refractivity (Wildman–Crippen MR) is 101 cm³/mol. The Labute approximate surface area is 154 Å². The second-order valence-corrected chi connectivity index (χ2v) is 5.96. The van der Waals surface area contributed by atoms with Gasteiger partial charge in [0.25, 0.3) is 5.91 Å². The van der Waals surface area contributed by atoms with Crippen molar-refractivity contribution in [1.82, 2.24) is 10.2 Å². The second-order valence-electron chi connectivity index (χ2n) is 5.96. The molecule has 0 aliphatic rings. The maximum absolute atomic E-state index is 12.2. The van der Waals surface area contributed by atoms with Crippen LogP contribution in [0.1, 0.15) is 11.6 Å². The number of rotatable bonds is 9. The number of amides is 1. The van der Waals surface area contributed by atoms with Crippen molar-refractivity contribution in [1.29, 1.82) is 0 Å². The highest BCUT2D eigenvalue weighted by Gasteiger charge is 2.19. The highest BCUT2D eigenvalue weighted by Crippen LogP contribution is 2.27. The molecule has 140 valence electrons. The van der Waals surface area contributed by atoms with E-state index < -0.39 is 0 Å². The molecule has 1 atom stereocenters. The molecule has 0 aliphatic heterocycles. The van der Waals surface area contributed by atoms with Gasteiger partial charge in [-0.2, -0.15) is 0 Å². The van der Waals surface area contributed by atoms with E-state index in [-0.39, 0.29) is 18.6 Å². The molecular formula is C20H26N2O4. The van der Waals surface area contributed by atoms with Gasteiger partial charge in [-0.1, -0.05) is 30.3 Å². The first kappa shape index (κ1) is 19.6. The SMILES string of the molecule is COc1ccccc1OCC(=O)NCC(c1ccccc1OC)N(C)C. The summed E-state index contributed by atoms with van der Waals surface area (Å²) in [5.74, 6) is 1.74.